The van der Waals surface area contributed by atoms with Crippen LogP contribution in [0.4, 0.5) is 8.78 Å². The minimum absolute atomic E-state index is 0.0619. The lowest BCUT2D eigenvalue weighted by Crippen LogP contribution is -2.18. The van der Waals surface area contributed by atoms with Gasteiger partial charge in [0.05, 0.1) is 11.8 Å². The van der Waals surface area contributed by atoms with E-state index in [-0.39, 0.29) is 35.8 Å². The number of aliphatic hydroxyl groups is 1. The molecule has 2 aromatic rings. The van der Waals surface area contributed by atoms with Crippen LogP contribution < -0.4 is 9.47 Å². The zero-order chi connectivity index (χ0) is 23.5. The Morgan fingerprint density at radius 2 is 1.78 bits per heavy atom. The summed E-state index contributed by atoms with van der Waals surface area (Å²) in [5.74, 6) is -0.501. The number of dihydropyridines is 1. The third-order valence-corrected chi connectivity index (χ3v) is 4.83. The van der Waals surface area contributed by atoms with Gasteiger partial charge in [0, 0.05) is 24.8 Å². The second-order valence-corrected chi connectivity index (χ2v) is 8.28. The number of hydrogen-bond acceptors (Lipinski definition) is 5. The van der Waals surface area contributed by atoms with Crippen molar-refractivity contribution in [3.05, 3.63) is 65.0 Å². The van der Waals surface area contributed by atoms with Gasteiger partial charge in [0.25, 0.3) is 0 Å². The first kappa shape index (κ1) is 23.5. The number of alkyl halides is 2. The van der Waals surface area contributed by atoms with Gasteiger partial charge < -0.3 is 14.6 Å². The van der Waals surface area contributed by atoms with E-state index >= 15 is 0 Å². The molecule has 0 radical (unpaired) electrons. The van der Waals surface area contributed by atoms with Crippen LogP contribution in [0.1, 0.15) is 56.9 Å². The highest BCUT2D eigenvalue weighted by molar-refractivity contribution is 5.97. The number of hydrogen-bond donors (Lipinski definition) is 1. The molecule has 0 saturated carbocycles. The molecule has 1 amide bonds. The van der Waals surface area contributed by atoms with Gasteiger partial charge in [-0.1, -0.05) is 18.2 Å². The first-order valence-electron chi connectivity index (χ1n) is 10.3. The Bertz CT molecular complexity index is 1030. The maximum absolute atomic E-state index is 12.9. The minimum Gasteiger partial charge on any atom is -0.487 e. The fraction of sp³-hybridized carbons (Fsp3) is 0.375. The Morgan fingerprint density at radius 3 is 2.31 bits per heavy atom. The van der Waals surface area contributed by atoms with Gasteiger partial charge in [-0.2, -0.15) is 8.78 Å². The Morgan fingerprint density at radius 1 is 1.06 bits per heavy atom. The number of nitrogens with zero attached hydrogens (tertiary/aromatic N) is 2. The van der Waals surface area contributed by atoms with E-state index in [4.69, 9.17) is 4.74 Å². The van der Waals surface area contributed by atoms with Crippen molar-refractivity contribution in [2.75, 3.05) is 0 Å². The lowest BCUT2D eigenvalue weighted by molar-refractivity contribution is -0.117. The predicted octanol–water partition coefficient (Wildman–Crippen LogP) is 4.76. The number of carbonyl (C=O) groups is 1. The van der Waals surface area contributed by atoms with Crippen molar-refractivity contribution in [1.29, 1.82) is 0 Å². The van der Waals surface area contributed by atoms with Crippen molar-refractivity contribution in [2.45, 2.75) is 58.4 Å². The molecule has 0 aliphatic carbocycles. The van der Waals surface area contributed by atoms with E-state index in [1.807, 2.05) is 6.07 Å². The van der Waals surface area contributed by atoms with E-state index in [2.05, 4.69) is 14.7 Å². The molecule has 6 nitrogen and oxygen atoms in total. The van der Waals surface area contributed by atoms with Crippen LogP contribution in [-0.4, -0.2) is 34.9 Å². The summed E-state index contributed by atoms with van der Waals surface area (Å²) in [7, 11) is 0. The predicted molar refractivity (Wildman–Crippen MR) is 116 cm³/mol. The number of carbonyl (C=O) groups excluding carboxylic acids is 1. The largest absolute Gasteiger partial charge is 0.487 e. The number of pyridine rings is 1. The first-order chi connectivity index (χ1) is 15.0. The van der Waals surface area contributed by atoms with Crippen molar-refractivity contribution in [2.24, 2.45) is 4.99 Å². The molecule has 32 heavy (non-hydrogen) atoms. The molecule has 1 unspecified atom stereocenters. The summed E-state index contributed by atoms with van der Waals surface area (Å²) in [6, 6.07) is 8.33. The number of allylic oxidation sites excluding steroid dienone is 1. The molecule has 8 heteroatoms. The van der Waals surface area contributed by atoms with Crippen LogP contribution in [0.3, 0.4) is 0 Å². The van der Waals surface area contributed by atoms with Gasteiger partial charge in [0.2, 0.25) is 5.91 Å². The normalized spacial score (nSPS) is 15.2. The van der Waals surface area contributed by atoms with Crippen LogP contribution in [-0.2, 0) is 10.4 Å². The molecule has 2 heterocycles. The molecule has 1 aromatic carbocycles. The monoisotopic (exact) mass is 444 g/mol. The molecule has 1 aliphatic heterocycles. The summed E-state index contributed by atoms with van der Waals surface area (Å²) < 4.78 is 36.1. The molecule has 0 bridgehead atoms. The van der Waals surface area contributed by atoms with Gasteiger partial charge in [-0.3, -0.25) is 9.78 Å². The highest BCUT2D eigenvalue weighted by Crippen LogP contribution is 2.38. The van der Waals surface area contributed by atoms with Crippen LogP contribution >= 0.6 is 0 Å². The number of ether oxygens (including phenoxy) is 2. The Kier molecular flexibility index (Phi) is 7.03. The molecular formula is C24H26F2N2O4. The maximum Gasteiger partial charge on any atom is 0.387 e. The molecule has 0 saturated heterocycles. The lowest BCUT2D eigenvalue weighted by Gasteiger charge is -2.24. The molecule has 1 N–H and O–H groups in total. The van der Waals surface area contributed by atoms with Crippen LogP contribution in [0.5, 0.6) is 11.5 Å². The summed E-state index contributed by atoms with van der Waals surface area (Å²) in [4.78, 5) is 19.9. The average molecular weight is 444 g/mol. The van der Waals surface area contributed by atoms with E-state index in [9.17, 15) is 18.7 Å². The van der Waals surface area contributed by atoms with Crippen molar-refractivity contribution < 1.29 is 28.2 Å². The highest BCUT2D eigenvalue weighted by Gasteiger charge is 2.25. The summed E-state index contributed by atoms with van der Waals surface area (Å²) >= 11 is 0. The van der Waals surface area contributed by atoms with E-state index in [1.165, 1.54) is 12.3 Å². The van der Waals surface area contributed by atoms with Crippen molar-refractivity contribution in [1.82, 2.24) is 4.98 Å². The molecule has 1 aliphatic rings. The first-order valence-corrected chi connectivity index (χ1v) is 10.3. The van der Waals surface area contributed by atoms with E-state index in [1.54, 1.807) is 58.2 Å². The quantitative estimate of drug-likeness (QED) is 0.635. The third kappa shape index (κ3) is 5.76. The molecule has 0 spiro atoms. The molecule has 3 rings (SSSR count). The zero-order valence-electron chi connectivity index (χ0n) is 18.4. The summed E-state index contributed by atoms with van der Waals surface area (Å²) in [5.41, 5.74) is 1.68. The second kappa shape index (κ2) is 9.56. The van der Waals surface area contributed by atoms with E-state index in [0.29, 0.717) is 5.69 Å². The van der Waals surface area contributed by atoms with Crippen LogP contribution in [0.25, 0.3) is 0 Å². The second-order valence-electron chi connectivity index (χ2n) is 8.28. The maximum atomic E-state index is 12.9. The van der Waals surface area contributed by atoms with Crippen LogP contribution in [0.2, 0.25) is 0 Å². The topological polar surface area (TPSA) is 81.0 Å². The van der Waals surface area contributed by atoms with E-state index < -0.39 is 12.2 Å². The number of aromatic nitrogens is 1. The van der Waals surface area contributed by atoms with Crippen LogP contribution in [0.15, 0.2) is 53.2 Å². The fourth-order valence-electron chi connectivity index (χ4n) is 3.41. The van der Waals surface area contributed by atoms with Gasteiger partial charge in [-0.15, -0.1) is 0 Å². The van der Waals surface area contributed by atoms with Gasteiger partial charge in [-0.25, -0.2) is 4.99 Å². The van der Waals surface area contributed by atoms with E-state index in [0.717, 1.165) is 16.7 Å². The summed E-state index contributed by atoms with van der Waals surface area (Å²) in [6.45, 7) is 3.89. The number of benzene rings is 1. The highest BCUT2D eigenvalue weighted by atomic mass is 19.3. The Hall–Kier alpha value is -3.13. The van der Waals surface area contributed by atoms with Crippen LogP contribution in [0, 0.1) is 0 Å². The van der Waals surface area contributed by atoms with Crippen molar-refractivity contribution in [3.63, 3.8) is 0 Å². The third-order valence-electron chi connectivity index (χ3n) is 4.83. The molecule has 1 atom stereocenters. The van der Waals surface area contributed by atoms with Gasteiger partial charge in [0.1, 0.15) is 5.60 Å². The molecule has 170 valence electrons. The fourth-order valence-corrected chi connectivity index (χ4v) is 3.41. The average Bonchev–Trinajstić information content (AvgIpc) is 2.70. The zero-order valence-corrected chi connectivity index (χ0v) is 18.4. The molecule has 0 fully saturated rings. The van der Waals surface area contributed by atoms with Gasteiger partial charge >= 0.3 is 6.61 Å². The minimum atomic E-state index is -2.98. The smallest absolute Gasteiger partial charge is 0.387 e. The van der Waals surface area contributed by atoms with Crippen molar-refractivity contribution >= 4 is 12.1 Å². The number of aliphatic imine (C=N–C) groups is 1. The summed E-state index contributed by atoms with van der Waals surface area (Å²) in [5, 5.41) is 10.2. The number of rotatable bonds is 8. The van der Waals surface area contributed by atoms with Crippen molar-refractivity contribution in [3.8, 4) is 11.5 Å². The Balaban J connectivity index is 2.09. The number of amides is 1. The number of halogens is 2. The Labute approximate surface area is 185 Å². The summed E-state index contributed by atoms with van der Waals surface area (Å²) in [6.07, 6.45) is 4.85. The van der Waals surface area contributed by atoms with Gasteiger partial charge in [-0.05, 0) is 62.6 Å². The lowest BCUT2D eigenvalue weighted by atomic mass is 9.84. The molecule has 1 aromatic heterocycles. The SMILES string of the molecule is CC(C)Oc1cc(C(C2=CCC(=O)N=C2)c2ccc(C(C)(C)O)nc2)ccc1OC(F)F. The van der Waals surface area contributed by atoms with Gasteiger partial charge in [0.15, 0.2) is 11.5 Å². The molecular weight excluding hydrogens is 418 g/mol. The standard InChI is InChI=1S/C24H26F2N2O4/c1-14(2)31-19-11-15(5-8-18(19)32-23(25)26)22(17-7-10-21(29)28-13-17)16-6-9-20(27-12-16)24(3,4)30/h5-9,11-14,22-23,30H,10H2,1-4H3.